The average molecular weight is 445 g/mol. The monoisotopic (exact) mass is 444 g/mol. The number of anilines is 1. The number of aryl methyl sites for hydroxylation is 3. The zero-order valence-electron chi connectivity index (χ0n) is 17.9. The molecule has 0 aliphatic heterocycles. The summed E-state index contributed by atoms with van der Waals surface area (Å²) in [5.74, 6) is 1.88. The molecule has 1 N–H and O–H groups in total. The fourth-order valence-electron chi connectivity index (χ4n) is 3.56. The van der Waals surface area contributed by atoms with Crippen molar-refractivity contribution >= 4 is 17.3 Å². The fourth-order valence-corrected chi connectivity index (χ4v) is 3.80. The molecule has 0 amide bonds. The first-order valence-electron chi connectivity index (χ1n) is 10.00. The Morgan fingerprint density at radius 2 is 2.06 bits per heavy atom. The molecule has 164 valence electrons. The molecule has 1 aliphatic rings. The van der Waals surface area contributed by atoms with Gasteiger partial charge in [-0.05, 0) is 25.5 Å². The Bertz CT molecular complexity index is 1140. The van der Waals surface area contributed by atoms with Gasteiger partial charge < -0.3 is 14.8 Å². The smallest absolute Gasteiger partial charge is 0.290 e. The minimum atomic E-state index is -0.239. The lowest BCUT2D eigenvalue weighted by molar-refractivity contribution is 0.278. The van der Waals surface area contributed by atoms with Crippen molar-refractivity contribution < 1.29 is 9.47 Å². The van der Waals surface area contributed by atoms with Gasteiger partial charge >= 0.3 is 0 Å². The molecule has 3 aromatic rings. The minimum absolute atomic E-state index is 0.239. The van der Waals surface area contributed by atoms with Crippen LogP contribution in [0.4, 0.5) is 5.69 Å². The van der Waals surface area contributed by atoms with Gasteiger partial charge in [0.2, 0.25) is 5.88 Å². The third-order valence-corrected chi connectivity index (χ3v) is 5.98. The highest BCUT2D eigenvalue weighted by molar-refractivity contribution is 6.30. The second-order valence-electron chi connectivity index (χ2n) is 7.69. The predicted molar refractivity (Wildman–Crippen MR) is 117 cm³/mol. The van der Waals surface area contributed by atoms with E-state index in [0.717, 1.165) is 29.1 Å². The van der Waals surface area contributed by atoms with Gasteiger partial charge in [0.15, 0.2) is 0 Å². The molecule has 3 aromatic heterocycles. The molecule has 4 rings (SSSR count). The van der Waals surface area contributed by atoms with Gasteiger partial charge in [-0.25, -0.2) is 4.68 Å². The Kier molecular flexibility index (Phi) is 5.86. The highest BCUT2D eigenvalue weighted by Crippen LogP contribution is 2.46. The number of nitrogens with zero attached hydrogens (tertiary/aromatic N) is 5. The zero-order chi connectivity index (χ0) is 22.1. The lowest BCUT2D eigenvalue weighted by Crippen LogP contribution is -2.24. The number of hydrogen-bond donors (Lipinski definition) is 1. The van der Waals surface area contributed by atoms with Crippen LogP contribution < -0.4 is 20.3 Å². The molecule has 1 saturated carbocycles. The molecule has 10 heteroatoms. The van der Waals surface area contributed by atoms with E-state index in [2.05, 4.69) is 20.5 Å². The van der Waals surface area contributed by atoms with E-state index in [0.29, 0.717) is 41.7 Å². The molecule has 0 saturated heterocycles. The van der Waals surface area contributed by atoms with Crippen molar-refractivity contribution in [3.8, 4) is 11.6 Å². The van der Waals surface area contributed by atoms with E-state index in [4.69, 9.17) is 21.1 Å². The molecule has 31 heavy (non-hydrogen) atoms. The number of rotatable bonds is 8. The molecule has 2 atom stereocenters. The number of hydrogen-bond acceptors (Lipinski definition) is 7. The van der Waals surface area contributed by atoms with Crippen molar-refractivity contribution in [2.45, 2.75) is 25.8 Å². The molecule has 0 aromatic carbocycles. The highest BCUT2D eigenvalue weighted by Gasteiger charge is 2.40. The van der Waals surface area contributed by atoms with Crippen LogP contribution in [0, 0.1) is 12.8 Å². The van der Waals surface area contributed by atoms with Gasteiger partial charge in [0.05, 0.1) is 25.6 Å². The molecular formula is C21H25ClN6O3. The molecule has 0 spiro atoms. The molecule has 0 bridgehead atoms. The summed E-state index contributed by atoms with van der Waals surface area (Å²) in [6, 6.07) is 5.54. The third-order valence-electron chi connectivity index (χ3n) is 5.51. The number of aromatic nitrogens is 5. The lowest BCUT2D eigenvalue weighted by Gasteiger charge is -2.11. The molecule has 1 fully saturated rings. The van der Waals surface area contributed by atoms with E-state index in [1.54, 1.807) is 38.2 Å². The van der Waals surface area contributed by atoms with Gasteiger partial charge in [0, 0.05) is 49.8 Å². The number of methoxy groups -OCH3 is 1. The predicted octanol–water partition coefficient (Wildman–Crippen LogP) is 2.67. The minimum Gasteiger partial charge on any atom is -0.495 e. The van der Waals surface area contributed by atoms with Gasteiger partial charge in [0.25, 0.3) is 5.56 Å². The summed E-state index contributed by atoms with van der Waals surface area (Å²) in [4.78, 5) is 16.9. The Morgan fingerprint density at radius 3 is 2.71 bits per heavy atom. The third kappa shape index (κ3) is 4.51. The van der Waals surface area contributed by atoms with Gasteiger partial charge in [-0.15, -0.1) is 5.10 Å². The van der Waals surface area contributed by atoms with Crippen molar-refractivity contribution in [3.05, 3.63) is 56.9 Å². The molecule has 1 aliphatic carbocycles. The SMILES string of the molecule is COc1ccc([C@@H]2CC2COc2cc(NCc3c(C)nn(C)c3Cl)c(=O)n(C)n2)nc1. The Labute approximate surface area is 185 Å². The summed E-state index contributed by atoms with van der Waals surface area (Å²) >= 11 is 6.28. The topological polar surface area (TPSA) is 96.1 Å². The number of halogens is 1. The summed E-state index contributed by atoms with van der Waals surface area (Å²) in [6.07, 6.45) is 2.74. The average Bonchev–Trinajstić information content (AvgIpc) is 3.50. The van der Waals surface area contributed by atoms with E-state index in [-0.39, 0.29) is 5.56 Å². The standard InChI is InChI=1S/C21H25ClN6O3/c1-12-16(20(22)27(2)25-12)10-24-18-8-19(26-28(3)21(18)29)31-11-13-7-15(13)17-6-5-14(30-4)9-23-17/h5-6,8-9,13,15,24H,7,10-11H2,1-4H3/t13?,15-/m1/s1. The van der Waals surface area contributed by atoms with Gasteiger partial charge in [-0.1, -0.05) is 11.6 Å². The van der Waals surface area contributed by atoms with E-state index < -0.39 is 0 Å². The Morgan fingerprint density at radius 1 is 1.26 bits per heavy atom. The van der Waals surface area contributed by atoms with E-state index in [1.807, 2.05) is 19.1 Å². The lowest BCUT2D eigenvalue weighted by atomic mass is 10.2. The zero-order valence-corrected chi connectivity index (χ0v) is 18.7. The fraction of sp³-hybridized carbons (Fsp3) is 0.429. The van der Waals surface area contributed by atoms with E-state index >= 15 is 0 Å². The van der Waals surface area contributed by atoms with Gasteiger partial charge in [-0.3, -0.25) is 14.5 Å². The van der Waals surface area contributed by atoms with Crippen LogP contribution in [0.5, 0.6) is 11.6 Å². The summed E-state index contributed by atoms with van der Waals surface area (Å²) in [7, 11) is 5.01. The van der Waals surface area contributed by atoms with Crippen LogP contribution >= 0.6 is 11.6 Å². The Hall–Kier alpha value is -3.07. The number of pyridine rings is 1. The molecule has 9 nitrogen and oxygen atoms in total. The van der Waals surface area contributed by atoms with Crippen LogP contribution in [0.25, 0.3) is 0 Å². The van der Waals surface area contributed by atoms with Crippen LogP contribution in [0.1, 0.15) is 29.3 Å². The second-order valence-corrected chi connectivity index (χ2v) is 8.05. The largest absolute Gasteiger partial charge is 0.495 e. The van der Waals surface area contributed by atoms with Crippen LogP contribution in [-0.4, -0.2) is 38.3 Å². The molecule has 3 heterocycles. The van der Waals surface area contributed by atoms with E-state index in [1.165, 1.54) is 4.68 Å². The first-order chi connectivity index (χ1) is 14.9. The summed E-state index contributed by atoms with van der Waals surface area (Å²) in [6.45, 7) is 2.77. The van der Waals surface area contributed by atoms with Gasteiger partial charge in [0.1, 0.15) is 16.6 Å². The van der Waals surface area contributed by atoms with Crippen LogP contribution in [0.2, 0.25) is 5.15 Å². The van der Waals surface area contributed by atoms with Crippen LogP contribution in [0.15, 0.2) is 29.2 Å². The molecular weight excluding hydrogens is 420 g/mol. The van der Waals surface area contributed by atoms with Gasteiger partial charge in [-0.2, -0.15) is 5.10 Å². The highest BCUT2D eigenvalue weighted by atomic mass is 35.5. The Balaban J connectivity index is 1.39. The number of nitrogens with one attached hydrogen (secondary N) is 1. The van der Waals surface area contributed by atoms with Crippen molar-refractivity contribution in [3.63, 3.8) is 0 Å². The number of ether oxygens (including phenoxy) is 2. The first kappa shape index (κ1) is 21.2. The van der Waals surface area contributed by atoms with Crippen molar-refractivity contribution in [1.29, 1.82) is 0 Å². The normalized spacial score (nSPS) is 17.5. The van der Waals surface area contributed by atoms with E-state index in [9.17, 15) is 4.79 Å². The summed E-state index contributed by atoms with van der Waals surface area (Å²) < 4.78 is 13.9. The van der Waals surface area contributed by atoms with Crippen molar-refractivity contribution in [1.82, 2.24) is 24.5 Å². The quantitative estimate of drug-likeness (QED) is 0.570. The molecule has 1 unspecified atom stereocenters. The summed E-state index contributed by atoms with van der Waals surface area (Å²) in [5, 5.41) is 12.2. The second kappa shape index (κ2) is 8.58. The first-order valence-corrected chi connectivity index (χ1v) is 10.4. The maximum Gasteiger partial charge on any atom is 0.290 e. The maximum atomic E-state index is 12.5. The van der Waals surface area contributed by atoms with Crippen LogP contribution in [-0.2, 0) is 20.6 Å². The maximum absolute atomic E-state index is 12.5. The molecule has 0 radical (unpaired) electrons. The van der Waals surface area contributed by atoms with Crippen LogP contribution in [0.3, 0.4) is 0 Å². The van der Waals surface area contributed by atoms with Crippen molar-refractivity contribution in [2.24, 2.45) is 20.0 Å². The van der Waals surface area contributed by atoms with Crippen molar-refractivity contribution in [2.75, 3.05) is 19.0 Å². The summed E-state index contributed by atoms with van der Waals surface area (Å²) in [5.41, 5.74) is 2.86.